The molecule has 0 atom stereocenters. The van der Waals surface area contributed by atoms with Gasteiger partial charge in [0, 0.05) is 10.7 Å². The fourth-order valence-corrected chi connectivity index (χ4v) is 1.31. The second kappa shape index (κ2) is 5.23. The largest absolute Gasteiger partial charge is 0.384 e. The first-order valence-corrected chi connectivity index (χ1v) is 5.06. The molecule has 1 rings (SSSR count). The molecule has 5 nitrogen and oxygen atoms in total. The van der Waals surface area contributed by atoms with Gasteiger partial charge in [-0.25, -0.2) is 0 Å². The van der Waals surface area contributed by atoms with Gasteiger partial charge in [0.2, 0.25) is 0 Å². The summed E-state index contributed by atoms with van der Waals surface area (Å²) >= 11 is 5.86. The molecule has 0 fully saturated rings. The molecule has 1 amide bonds. The van der Waals surface area contributed by atoms with Crippen molar-refractivity contribution in [3.63, 3.8) is 0 Å². The zero-order chi connectivity index (χ0) is 13.0. The minimum Gasteiger partial charge on any atom is -0.384 e. The van der Waals surface area contributed by atoms with Crippen molar-refractivity contribution in [2.45, 2.75) is 6.92 Å². The smallest absolute Gasteiger partial charge is 0.263 e. The highest BCUT2D eigenvalue weighted by atomic mass is 35.5. The maximum absolute atomic E-state index is 10.9. The van der Waals surface area contributed by atoms with Crippen molar-refractivity contribution in [2.75, 3.05) is 5.32 Å². The maximum Gasteiger partial charge on any atom is 0.263 e. The lowest BCUT2D eigenvalue weighted by Crippen LogP contribution is -2.21. The van der Waals surface area contributed by atoms with E-state index in [9.17, 15) is 4.79 Å². The number of carbonyl (C=O) groups excluding carboxylic acids is 1. The number of nitriles is 1. The maximum atomic E-state index is 10.9. The molecule has 0 radical (unpaired) electrons. The third kappa shape index (κ3) is 3.13. The highest BCUT2D eigenvalue weighted by molar-refractivity contribution is 6.31. The van der Waals surface area contributed by atoms with E-state index in [1.54, 1.807) is 24.3 Å². The molecule has 1 aromatic carbocycles. The van der Waals surface area contributed by atoms with E-state index in [4.69, 9.17) is 28.3 Å². The lowest BCUT2D eigenvalue weighted by molar-refractivity contribution is -0.114. The van der Waals surface area contributed by atoms with Gasteiger partial charge in [0.15, 0.2) is 5.57 Å². The number of halogens is 1. The Kier molecular flexibility index (Phi) is 3.96. The van der Waals surface area contributed by atoms with E-state index in [2.05, 4.69) is 5.32 Å². The van der Waals surface area contributed by atoms with Gasteiger partial charge in [0.25, 0.3) is 5.91 Å². The Balaban J connectivity index is 3.03. The molecule has 0 bridgehead atoms. The van der Waals surface area contributed by atoms with Gasteiger partial charge in [0.1, 0.15) is 11.9 Å². The van der Waals surface area contributed by atoms with Crippen molar-refractivity contribution in [1.29, 1.82) is 5.26 Å². The second-order valence-corrected chi connectivity index (χ2v) is 3.76. The molecule has 5 N–H and O–H groups in total. The minimum absolute atomic E-state index is 0.0817. The van der Waals surface area contributed by atoms with Crippen LogP contribution in [0, 0.1) is 18.3 Å². The van der Waals surface area contributed by atoms with Crippen LogP contribution in [0.2, 0.25) is 5.02 Å². The Morgan fingerprint density at radius 1 is 1.47 bits per heavy atom. The standard InChI is InChI=1S/C11H11ClN4O/c1-6-4-7(2-3-9(6)12)16-10(14)8(5-13)11(15)17/h2-4,16H,14H2,1H3,(H2,15,17)/b10-8-. The van der Waals surface area contributed by atoms with Crippen molar-refractivity contribution >= 4 is 23.2 Å². The van der Waals surface area contributed by atoms with E-state index in [0.29, 0.717) is 10.7 Å². The highest BCUT2D eigenvalue weighted by Crippen LogP contribution is 2.20. The third-order valence-electron chi connectivity index (χ3n) is 2.06. The van der Waals surface area contributed by atoms with Gasteiger partial charge in [-0.15, -0.1) is 0 Å². The first-order valence-electron chi connectivity index (χ1n) is 4.68. The number of nitrogens with one attached hydrogen (secondary N) is 1. The lowest BCUT2D eigenvalue weighted by atomic mass is 10.2. The molecule has 6 heteroatoms. The predicted octanol–water partition coefficient (Wildman–Crippen LogP) is 1.24. The van der Waals surface area contributed by atoms with Gasteiger partial charge in [-0.3, -0.25) is 4.79 Å². The number of hydrogen-bond acceptors (Lipinski definition) is 4. The molecule has 0 unspecified atom stereocenters. The summed E-state index contributed by atoms with van der Waals surface area (Å²) in [6.45, 7) is 1.83. The summed E-state index contributed by atoms with van der Waals surface area (Å²) in [5.41, 5.74) is 11.7. The number of amides is 1. The second-order valence-electron chi connectivity index (χ2n) is 3.35. The van der Waals surface area contributed by atoms with Crippen LogP contribution in [0.5, 0.6) is 0 Å². The Morgan fingerprint density at radius 2 is 2.12 bits per heavy atom. The zero-order valence-electron chi connectivity index (χ0n) is 9.12. The van der Waals surface area contributed by atoms with Crippen LogP contribution < -0.4 is 16.8 Å². The molecule has 0 aliphatic rings. The van der Waals surface area contributed by atoms with E-state index in [-0.39, 0.29) is 11.4 Å². The van der Waals surface area contributed by atoms with Crippen molar-refractivity contribution in [3.8, 4) is 6.07 Å². The molecule has 0 aliphatic heterocycles. The van der Waals surface area contributed by atoms with Crippen LogP contribution >= 0.6 is 11.6 Å². The summed E-state index contributed by atoms with van der Waals surface area (Å²) in [6, 6.07) is 6.74. The Bertz CT molecular complexity index is 531. The summed E-state index contributed by atoms with van der Waals surface area (Å²) in [4.78, 5) is 10.9. The van der Waals surface area contributed by atoms with Crippen LogP contribution in [0.15, 0.2) is 29.6 Å². The SMILES string of the molecule is Cc1cc(N/C(N)=C(/C#N)C(N)=O)ccc1Cl. The van der Waals surface area contributed by atoms with E-state index in [1.807, 2.05) is 6.92 Å². The molecule has 1 aromatic rings. The molecule has 17 heavy (non-hydrogen) atoms. The molecule has 0 saturated carbocycles. The summed E-state index contributed by atoms with van der Waals surface area (Å²) in [5.74, 6) is -0.954. The molecular weight excluding hydrogens is 240 g/mol. The van der Waals surface area contributed by atoms with Crippen molar-refractivity contribution < 1.29 is 4.79 Å². The average Bonchev–Trinajstić information content (AvgIpc) is 2.24. The van der Waals surface area contributed by atoms with Crippen LogP contribution in [-0.2, 0) is 4.79 Å². The van der Waals surface area contributed by atoms with Crippen molar-refractivity contribution in [2.24, 2.45) is 11.5 Å². The van der Waals surface area contributed by atoms with Crippen LogP contribution in [0.3, 0.4) is 0 Å². The number of hydrogen-bond donors (Lipinski definition) is 3. The number of aryl methyl sites for hydroxylation is 1. The molecule has 0 saturated heterocycles. The monoisotopic (exact) mass is 250 g/mol. The lowest BCUT2D eigenvalue weighted by Gasteiger charge is -2.08. The topological polar surface area (TPSA) is 105 Å². The minimum atomic E-state index is -0.872. The van der Waals surface area contributed by atoms with Gasteiger partial charge < -0.3 is 16.8 Å². The number of primary amides is 1. The predicted molar refractivity (Wildman–Crippen MR) is 65.8 cm³/mol. The Morgan fingerprint density at radius 3 is 2.59 bits per heavy atom. The molecular formula is C11H11ClN4O. The van der Waals surface area contributed by atoms with E-state index in [0.717, 1.165) is 5.56 Å². The quantitative estimate of drug-likeness (QED) is 0.554. The number of anilines is 1. The molecule has 0 aromatic heterocycles. The van der Waals surface area contributed by atoms with Crippen molar-refractivity contribution in [1.82, 2.24) is 0 Å². The van der Waals surface area contributed by atoms with Crippen LogP contribution in [0.1, 0.15) is 5.56 Å². The van der Waals surface area contributed by atoms with E-state index in [1.165, 1.54) is 0 Å². The summed E-state index contributed by atoms with van der Waals surface area (Å²) in [5, 5.41) is 12.0. The number of benzene rings is 1. The van der Waals surface area contributed by atoms with Gasteiger partial charge >= 0.3 is 0 Å². The first-order chi connectivity index (χ1) is 7.95. The number of rotatable bonds is 3. The van der Waals surface area contributed by atoms with Crippen LogP contribution in [-0.4, -0.2) is 5.91 Å². The van der Waals surface area contributed by atoms with Gasteiger partial charge in [0.05, 0.1) is 0 Å². The van der Waals surface area contributed by atoms with Crippen LogP contribution in [0.25, 0.3) is 0 Å². The summed E-state index contributed by atoms with van der Waals surface area (Å²) in [7, 11) is 0. The molecule has 0 heterocycles. The summed E-state index contributed by atoms with van der Waals surface area (Å²) < 4.78 is 0. The molecule has 88 valence electrons. The Labute approximate surface area is 104 Å². The first kappa shape index (κ1) is 12.9. The molecule has 0 spiro atoms. The number of carbonyl (C=O) groups is 1. The molecule has 0 aliphatic carbocycles. The normalized spacial score (nSPS) is 11.4. The fraction of sp³-hybridized carbons (Fsp3) is 0.0909. The van der Waals surface area contributed by atoms with Gasteiger partial charge in [-0.2, -0.15) is 5.26 Å². The summed E-state index contributed by atoms with van der Waals surface area (Å²) in [6.07, 6.45) is 0. The fourth-order valence-electron chi connectivity index (χ4n) is 1.19. The van der Waals surface area contributed by atoms with Crippen molar-refractivity contribution in [3.05, 3.63) is 40.2 Å². The van der Waals surface area contributed by atoms with Crippen LogP contribution in [0.4, 0.5) is 5.69 Å². The number of nitrogens with two attached hydrogens (primary N) is 2. The van der Waals surface area contributed by atoms with E-state index >= 15 is 0 Å². The van der Waals surface area contributed by atoms with E-state index < -0.39 is 5.91 Å². The third-order valence-corrected chi connectivity index (χ3v) is 2.49. The van der Waals surface area contributed by atoms with Gasteiger partial charge in [-0.1, -0.05) is 11.6 Å². The Hall–Kier alpha value is -2.19. The zero-order valence-corrected chi connectivity index (χ0v) is 9.88. The average molecular weight is 251 g/mol. The number of nitrogens with zero attached hydrogens (tertiary/aromatic N) is 1. The highest BCUT2D eigenvalue weighted by Gasteiger charge is 2.09. The van der Waals surface area contributed by atoms with Gasteiger partial charge in [-0.05, 0) is 30.7 Å².